The fraction of sp³-hybridized carbons (Fsp3) is 0.154. The highest BCUT2D eigenvalue weighted by molar-refractivity contribution is 6.68. The molecule has 0 unspecified atom stereocenters. The largest absolute Gasteiger partial charge is 0.275 e. The highest BCUT2D eigenvalue weighted by atomic mass is 35.5. The summed E-state index contributed by atoms with van der Waals surface area (Å²) >= 11 is 5.53. The molecule has 0 N–H and O–H groups in total. The van der Waals surface area contributed by atoms with E-state index in [0.717, 1.165) is 5.69 Å². The minimum atomic E-state index is -0.509. The van der Waals surface area contributed by atoms with Crippen LogP contribution in [0.4, 0.5) is 0 Å². The Balaban J connectivity index is 2.55. The molecule has 0 bridgehead atoms. The van der Waals surface area contributed by atoms with Crippen molar-refractivity contribution in [2.24, 2.45) is 0 Å². The predicted molar refractivity (Wildman–Crippen MR) is 67.9 cm³/mol. The molecule has 0 spiro atoms. The lowest BCUT2D eigenvalue weighted by Crippen LogP contribution is -2.00. The van der Waals surface area contributed by atoms with Crippen LogP contribution in [-0.2, 0) is 0 Å². The van der Waals surface area contributed by atoms with Crippen LogP contribution in [0.1, 0.15) is 27.3 Å². The molecular formula is C13H10ClN3O. The first kappa shape index (κ1) is 12.3. The van der Waals surface area contributed by atoms with Gasteiger partial charge in [0.05, 0.1) is 34.3 Å². The second kappa shape index (κ2) is 4.63. The van der Waals surface area contributed by atoms with Crippen LogP contribution in [0.3, 0.4) is 0 Å². The van der Waals surface area contributed by atoms with Crippen LogP contribution in [0.2, 0.25) is 0 Å². The van der Waals surface area contributed by atoms with Gasteiger partial charge in [-0.3, -0.25) is 4.79 Å². The monoisotopic (exact) mass is 259 g/mol. The average Bonchev–Trinajstić information content (AvgIpc) is 2.65. The summed E-state index contributed by atoms with van der Waals surface area (Å²) in [5.74, 6) is 0. The SMILES string of the molecule is Cc1nn(-c2ccc(C#N)cc2)c(C)c1C(=O)Cl. The van der Waals surface area contributed by atoms with Gasteiger partial charge in [-0.25, -0.2) is 4.68 Å². The fourth-order valence-electron chi connectivity index (χ4n) is 1.86. The second-order valence-electron chi connectivity index (χ2n) is 3.89. The number of carbonyl (C=O) groups is 1. The van der Waals surface area contributed by atoms with Gasteiger partial charge in [0, 0.05) is 0 Å². The van der Waals surface area contributed by atoms with Gasteiger partial charge in [-0.15, -0.1) is 0 Å². The van der Waals surface area contributed by atoms with E-state index in [-0.39, 0.29) is 0 Å². The van der Waals surface area contributed by atoms with Crippen LogP contribution in [0.5, 0.6) is 0 Å². The van der Waals surface area contributed by atoms with Crippen LogP contribution >= 0.6 is 11.6 Å². The number of hydrogen-bond acceptors (Lipinski definition) is 3. The molecule has 0 radical (unpaired) electrons. The minimum Gasteiger partial charge on any atom is -0.275 e. The second-order valence-corrected chi connectivity index (χ2v) is 4.23. The van der Waals surface area contributed by atoms with Crippen LogP contribution in [0, 0.1) is 25.2 Å². The summed E-state index contributed by atoms with van der Waals surface area (Å²) in [4.78, 5) is 11.3. The molecule has 0 amide bonds. The Kier molecular flexibility index (Phi) is 3.17. The van der Waals surface area contributed by atoms with Gasteiger partial charge < -0.3 is 0 Å². The number of benzene rings is 1. The molecule has 0 saturated heterocycles. The Bertz CT molecular complexity index is 650. The van der Waals surface area contributed by atoms with Crippen LogP contribution in [0.15, 0.2) is 24.3 Å². The van der Waals surface area contributed by atoms with Gasteiger partial charge in [0.15, 0.2) is 0 Å². The summed E-state index contributed by atoms with van der Waals surface area (Å²) in [5, 5.41) is 12.5. The summed E-state index contributed by atoms with van der Waals surface area (Å²) in [6.45, 7) is 3.52. The number of carbonyl (C=O) groups excluding carboxylic acids is 1. The van der Waals surface area contributed by atoms with Crippen molar-refractivity contribution in [3.8, 4) is 11.8 Å². The van der Waals surface area contributed by atoms with Gasteiger partial charge >= 0.3 is 0 Å². The Morgan fingerprint density at radius 2 is 1.94 bits per heavy atom. The third-order valence-electron chi connectivity index (χ3n) is 2.73. The molecular weight excluding hydrogens is 250 g/mol. The molecule has 0 saturated carbocycles. The molecule has 1 aromatic carbocycles. The van der Waals surface area contributed by atoms with Gasteiger partial charge in [-0.2, -0.15) is 10.4 Å². The molecule has 2 rings (SSSR count). The summed E-state index contributed by atoms with van der Waals surface area (Å²) in [5.41, 5.74) is 3.09. The van der Waals surface area contributed by atoms with Crippen LogP contribution < -0.4 is 0 Å². The topological polar surface area (TPSA) is 58.7 Å². The summed E-state index contributed by atoms with van der Waals surface area (Å²) in [6, 6.07) is 9.01. The number of nitrogens with zero attached hydrogens (tertiary/aromatic N) is 3. The first-order valence-corrected chi connectivity index (χ1v) is 5.69. The van der Waals surface area contributed by atoms with Crippen molar-refractivity contribution in [3.05, 3.63) is 46.8 Å². The quantitative estimate of drug-likeness (QED) is 0.779. The lowest BCUT2D eigenvalue weighted by atomic mass is 10.2. The number of halogens is 1. The van der Waals surface area contributed by atoms with E-state index in [1.54, 1.807) is 42.8 Å². The van der Waals surface area contributed by atoms with Crippen molar-refractivity contribution < 1.29 is 4.79 Å². The van der Waals surface area contributed by atoms with E-state index < -0.39 is 5.24 Å². The molecule has 5 heteroatoms. The molecule has 90 valence electrons. The Morgan fingerprint density at radius 3 is 2.39 bits per heavy atom. The van der Waals surface area contributed by atoms with E-state index in [0.29, 0.717) is 22.5 Å². The maximum atomic E-state index is 11.3. The highest BCUT2D eigenvalue weighted by Crippen LogP contribution is 2.19. The smallest absolute Gasteiger partial charge is 0.256 e. The summed E-state index contributed by atoms with van der Waals surface area (Å²) in [6.07, 6.45) is 0. The number of aromatic nitrogens is 2. The van der Waals surface area contributed by atoms with Gasteiger partial charge in [-0.1, -0.05) is 0 Å². The first-order chi connectivity index (χ1) is 8.54. The molecule has 1 aromatic heterocycles. The molecule has 4 nitrogen and oxygen atoms in total. The van der Waals surface area contributed by atoms with E-state index in [2.05, 4.69) is 11.2 Å². The zero-order valence-electron chi connectivity index (χ0n) is 9.94. The number of rotatable bonds is 2. The van der Waals surface area contributed by atoms with Crippen molar-refractivity contribution in [1.82, 2.24) is 9.78 Å². The van der Waals surface area contributed by atoms with Gasteiger partial charge in [0.1, 0.15) is 0 Å². The first-order valence-electron chi connectivity index (χ1n) is 5.31. The molecule has 0 aliphatic carbocycles. The van der Waals surface area contributed by atoms with Crippen LogP contribution in [-0.4, -0.2) is 15.0 Å². The maximum Gasteiger partial charge on any atom is 0.256 e. The van der Waals surface area contributed by atoms with Gasteiger partial charge in [0.25, 0.3) is 5.24 Å². The summed E-state index contributed by atoms with van der Waals surface area (Å²) < 4.78 is 1.64. The molecule has 0 fully saturated rings. The minimum absolute atomic E-state index is 0.432. The zero-order chi connectivity index (χ0) is 13.3. The van der Waals surface area contributed by atoms with Gasteiger partial charge in [0.2, 0.25) is 0 Å². The molecule has 18 heavy (non-hydrogen) atoms. The van der Waals surface area contributed by atoms with E-state index in [1.807, 2.05) is 0 Å². The van der Waals surface area contributed by atoms with Gasteiger partial charge in [-0.05, 0) is 49.7 Å². The predicted octanol–water partition coefficient (Wildman–Crippen LogP) is 2.74. The lowest BCUT2D eigenvalue weighted by Gasteiger charge is -2.04. The van der Waals surface area contributed by atoms with Crippen molar-refractivity contribution in [2.75, 3.05) is 0 Å². The van der Waals surface area contributed by atoms with Crippen molar-refractivity contribution in [1.29, 1.82) is 5.26 Å². The third-order valence-corrected chi connectivity index (χ3v) is 2.92. The molecule has 1 heterocycles. The molecule has 2 aromatic rings. The standard InChI is InChI=1S/C13H10ClN3O/c1-8-12(13(14)18)9(2)17(16-8)11-5-3-10(7-15)4-6-11/h3-6H,1-2H3. The Labute approximate surface area is 109 Å². The lowest BCUT2D eigenvalue weighted by molar-refractivity contribution is 0.108. The molecule has 0 aliphatic rings. The van der Waals surface area contributed by atoms with E-state index in [9.17, 15) is 4.79 Å². The van der Waals surface area contributed by atoms with E-state index in [1.165, 1.54) is 0 Å². The van der Waals surface area contributed by atoms with Crippen LogP contribution in [0.25, 0.3) is 5.69 Å². The average molecular weight is 260 g/mol. The Morgan fingerprint density at radius 1 is 1.33 bits per heavy atom. The number of hydrogen-bond donors (Lipinski definition) is 0. The zero-order valence-corrected chi connectivity index (χ0v) is 10.7. The van der Waals surface area contributed by atoms with E-state index >= 15 is 0 Å². The maximum absolute atomic E-state index is 11.3. The van der Waals surface area contributed by atoms with Crippen molar-refractivity contribution in [3.63, 3.8) is 0 Å². The number of aryl methyl sites for hydroxylation is 1. The normalized spacial score (nSPS) is 10.1. The van der Waals surface area contributed by atoms with Crippen molar-refractivity contribution >= 4 is 16.8 Å². The summed E-state index contributed by atoms with van der Waals surface area (Å²) in [7, 11) is 0. The van der Waals surface area contributed by atoms with Crippen molar-refractivity contribution in [2.45, 2.75) is 13.8 Å². The fourth-order valence-corrected chi connectivity index (χ4v) is 2.13. The Hall–Kier alpha value is -2.12. The number of nitriles is 1. The van der Waals surface area contributed by atoms with E-state index in [4.69, 9.17) is 16.9 Å². The highest BCUT2D eigenvalue weighted by Gasteiger charge is 2.17. The third kappa shape index (κ3) is 2.01. The molecule has 0 atom stereocenters. The molecule has 0 aliphatic heterocycles.